The second-order valence-corrected chi connectivity index (χ2v) is 3.34. The molecule has 16 heavy (non-hydrogen) atoms. The van der Waals surface area contributed by atoms with E-state index in [1.807, 2.05) is 41.2 Å². The van der Waals surface area contributed by atoms with Crippen LogP contribution >= 0.6 is 0 Å². The number of pyridine rings is 1. The standard InChI is InChI=1S/C11H12N4O/c12-11(14-16)10(15-6-1-2-7-15)9-4-3-5-13-8-9/h1-8,10,16H,(H2,12,14)/t10-/m0/s1. The fourth-order valence-electron chi connectivity index (χ4n) is 1.61. The molecule has 2 aromatic rings. The van der Waals surface area contributed by atoms with Crippen molar-refractivity contribution in [2.45, 2.75) is 6.04 Å². The van der Waals surface area contributed by atoms with E-state index in [1.165, 1.54) is 0 Å². The Labute approximate surface area is 92.8 Å². The van der Waals surface area contributed by atoms with Crippen LogP contribution in [0.25, 0.3) is 0 Å². The number of aromatic nitrogens is 2. The van der Waals surface area contributed by atoms with Gasteiger partial charge in [-0.25, -0.2) is 0 Å². The third kappa shape index (κ3) is 1.88. The van der Waals surface area contributed by atoms with Crippen LogP contribution in [-0.4, -0.2) is 20.6 Å². The first-order valence-corrected chi connectivity index (χ1v) is 4.82. The zero-order valence-corrected chi connectivity index (χ0v) is 8.56. The van der Waals surface area contributed by atoms with Gasteiger partial charge in [0, 0.05) is 30.4 Å². The number of nitrogens with two attached hydrogens (primary N) is 1. The number of oxime groups is 1. The van der Waals surface area contributed by atoms with Gasteiger partial charge >= 0.3 is 0 Å². The Morgan fingerprint density at radius 2 is 2.12 bits per heavy atom. The molecule has 1 atom stereocenters. The molecule has 0 aromatic carbocycles. The minimum absolute atomic E-state index is 0.129. The van der Waals surface area contributed by atoms with Crippen LogP contribution < -0.4 is 5.73 Å². The number of amidine groups is 1. The second-order valence-electron chi connectivity index (χ2n) is 3.34. The van der Waals surface area contributed by atoms with E-state index in [1.54, 1.807) is 12.4 Å². The maximum atomic E-state index is 8.79. The lowest BCUT2D eigenvalue weighted by Gasteiger charge is -2.17. The minimum atomic E-state index is -0.325. The predicted octanol–water partition coefficient (Wildman–Crippen LogP) is 1.22. The highest BCUT2D eigenvalue weighted by Gasteiger charge is 2.17. The van der Waals surface area contributed by atoms with Gasteiger partial charge in [-0.15, -0.1) is 0 Å². The maximum absolute atomic E-state index is 8.79. The summed E-state index contributed by atoms with van der Waals surface area (Å²) in [7, 11) is 0. The van der Waals surface area contributed by atoms with Gasteiger partial charge in [0.25, 0.3) is 0 Å². The van der Waals surface area contributed by atoms with Crippen molar-refractivity contribution >= 4 is 5.84 Å². The van der Waals surface area contributed by atoms with Crippen LogP contribution in [0.3, 0.4) is 0 Å². The predicted molar refractivity (Wildman–Crippen MR) is 60.2 cm³/mol. The average Bonchev–Trinajstić information content (AvgIpc) is 2.84. The van der Waals surface area contributed by atoms with Crippen molar-refractivity contribution in [1.82, 2.24) is 9.55 Å². The zero-order valence-electron chi connectivity index (χ0n) is 8.56. The van der Waals surface area contributed by atoms with Gasteiger partial charge in [-0.3, -0.25) is 4.98 Å². The third-order valence-electron chi connectivity index (χ3n) is 2.32. The summed E-state index contributed by atoms with van der Waals surface area (Å²) < 4.78 is 1.85. The molecular formula is C11H12N4O. The fraction of sp³-hybridized carbons (Fsp3) is 0.0909. The lowest BCUT2D eigenvalue weighted by molar-refractivity contribution is 0.315. The first-order chi connectivity index (χ1) is 7.83. The summed E-state index contributed by atoms with van der Waals surface area (Å²) in [6, 6.07) is 7.14. The molecule has 5 nitrogen and oxygen atoms in total. The molecule has 2 heterocycles. The summed E-state index contributed by atoms with van der Waals surface area (Å²) in [6.07, 6.45) is 7.09. The summed E-state index contributed by atoms with van der Waals surface area (Å²) in [5, 5.41) is 11.9. The molecule has 3 N–H and O–H groups in total. The van der Waals surface area contributed by atoms with Crippen molar-refractivity contribution in [3.63, 3.8) is 0 Å². The summed E-state index contributed by atoms with van der Waals surface area (Å²) >= 11 is 0. The molecule has 0 fully saturated rings. The second kappa shape index (κ2) is 4.48. The molecule has 0 radical (unpaired) electrons. The minimum Gasteiger partial charge on any atom is -0.409 e. The zero-order chi connectivity index (χ0) is 11.4. The van der Waals surface area contributed by atoms with Crippen molar-refractivity contribution in [3.8, 4) is 0 Å². The Hall–Kier alpha value is -2.30. The van der Waals surface area contributed by atoms with E-state index in [-0.39, 0.29) is 11.9 Å². The monoisotopic (exact) mass is 216 g/mol. The first kappa shape index (κ1) is 10.2. The van der Waals surface area contributed by atoms with E-state index in [0.29, 0.717) is 0 Å². The number of rotatable bonds is 3. The van der Waals surface area contributed by atoms with Crippen molar-refractivity contribution in [2.24, 2.45) is 10.9 Å². The molecule has 0 aliphatic carbocycles. The van der Waals surface area contributed by atoms with Crippen LogP contribution in [0.1, 0.15) is 11.6 Å². The van der Waals surface area contributed by atoms with Gasteiger partial charge in [0.15, 0.2) is 5.84 Å². The highest BCUT2D eigenvalue weighted by atomic mass is 16.4. The van der Waals surface area contributed by atoms with E-state index >= 15 is 0 Å². The molecule has 2 aromatic heterocycles. The molecular weight excluding hydrogens is 204 g/mol. The molecule has 0 unspecified atom stereocenters. The lowest BCUT2D eigenvalue weighted by Crippen LogP contribution is -2.27. The molecule has 0 amide bonds. The molecule has 0 aliphatic heterocycles. The Morgan fingerprint density at radius 1 is 1.38 bits per heavy atom. The van der Waals surface area contributed by atoms with Crippen LogP contribution in [0, 0.1) is 0 Å². The number of nitrogens with zero attached hydrogens (tertiary/aromatic N) is 3. The van der Waals surface area contributed by atoms with Crippen LogP contribution in [0.4, 0.5) is 0 Å². The van der Waals surface area contributed by atoms with Gasteiger partial charge in [0.2, 0.25) is 0 Å². The summed E-state index contributed by atoms with van der Waals surface area (Å²) in [6.45, 7) is 0. The molecule has 0 saturated carbocycles. The molecule has 0 saturated heterocycles. The largest absolute Gasteiger partial charge is 0.409 e. The molecule has 0 aliphatic rings. The molecule has 0 bridgehead atoms. The quantitative estimate of drug-likeness (QED) is 0.350. The summed E-state index contributed by atoms with van der Waals surface area (Å²) in [5.74, 6) is 0.129. The Morgan fingerprint density at radius 3 is 2.69 bits per heavy atom. The molecule has 2 rings (SSSR count). The van der Waals surface area contributed by atoms with E-state index in [0.717, 1.165) is 5.56 Å². The molecule has 5 heteroatoms. The smallest absolute Gasteiger partial charge is 0.166 e. The maximum Gasteiger partial charge on any atom is 0.166 e. The van der Waals surface area contributed by atoms with E-state index < -0.39 is 0 Å². The van der Waals surface area contributed by atoms with E-state index in [2.05, 4.69) is 10.1 Å². The summed E-state index contributed by atoms with van der Waals surface area (Å²) in [5.41, 5.74) is 6.56. The molecule has 82 valence electrons. The summed E-state index contributed by atoms with van der Waals surface area (Å²) in [4.78, 5) is 4.03. The van der Waals surface area contributed by atoms with Gasteiger partial charge in [-0.1, -0.05) is 11.2 Å². The van der Waals surface area contributed by atoms with E-state index in [9.17, 15) is 0 Å². The van der Waals surface area contributed by atoms with Crippen molar-refractivity contribution in [1.29, 1.82) is 0 Å². The van der Waals surface area contributed by atoms with Gasteiger partial charge in [-0.05, 0) is 18.2 Å². The Bertz CT molecular complexity index is 464. The van der Waals surface area contributed by atoms with Gasteiger partial charge in [0.1, 0.15) is 6.04 Å². The topological polar surface area (TPSA) is 76.4 Å². The van der Waals surface area contributed by atoms with Crippen molar-refractivity contribution < 1.29 is 5.21 Å². The van der Waals surface area contributed by atoms with Crippen LogP contribution in [0.5, 0.6) is 0 Å². The van der Waals surface area contributed by atoms with E-state index in [4.69, 9.17) is 10.9 Å². The normalized spacial score (nSPS) is 13.6. The van der Waals surface area contributed by atoms with Crippen LogP contribution in [-0.2, 0) is 0 Å². The molecule has 0 spiro atoms. The third-order valence-corrected chi connectivity index (χ3v) is 2.32. The van der Waals surface area contributed by atoms with Gasteiger partial charge < -0.3 is 15.5 Å². The first-order valence-electron chi connectivity index (χ1n) is 4.82. The van der Waals surface area contributed by atoms with Crippen molar-refractivity contribution in [3.05, 3.63) is 54.6 Å². The highest BCUT2D eigenvalue weighted by Crippen LogP contribution is 2.17. The number of hydrogen-bond donors (Lipinski definition) is 2. The van der Waals surface area contributed by atoms with Crippen LogP contribution in [0.15, 0.2) is 54.2 Å². The van der Waals surface area contributed by atoms with Gasteiger partial charge in [-0.2, -0.15) is 0 Å². The number of hydrogen-bond acceptors (Lipinski definition) is 3. The van der Waals surface area contributed by atoms with Gasteiger partial charge in [0.05, 0.1) is 0 Å². The average molecular weight is 216 g/mol. The Balaban J connectivity index is 2.45. The SMILES string of the molecule is NC(=NO)[C@H](c1cccnc1)n1cccc1. The fourth-order valence-corrected chi connectivity index (χ4v) is 1.61. The Kier molecular flexibility index (Phi) is 2.86. The van der Waals surface area contributed by atoms with Crippen molar-refractivity contribution in [2.75, 3.05) is 0 Å². The highest BCUT2D eigenvalue weighted by molar-refractivity contribution is 5.86. The van der Waals surface area contributed by atoms with Crippen LogP contribution in [0.2, 0.25) is 0 Å². The lowest BCUT2D eigenvalue weighted by atomic mass is 10.1.